The van der Waals surface area contributed by atoms with Gasteiger partial charge in [-0.25, -0.2) is 0 Å². The summed E-state index contributed by atoms with van der Waals surface area (Å²) in [7, 11) is 0. The lowest BCUT2D eigenvalue weighted by molar-refractivity contribution is 0.0170. The molecule has 1 aromatic carbocycles. The summed E-state index contributed by atoms with van der Waals surface area (Å²) in [4.78, 5) is 7.27. The molecule has 1 aromatic rings. The lowest BCUT2D eigenvalue weighted by Crippen LogP contribution is -2.46. The summed E-state index contributed by atoms with van der Waals surface area (Å²) in [6, 6.07) is 8.30. The number of nitrogens with zero attached hydrogens (tertiary/aromatic N) is 2. The van der Waals surface area contributed by atoms with Crippen LogP contribution >= 0.6 is 35.6 Å². The summed E-state index contributed by atoms with van der Waals surface area (Å²) in [5.74, 6) is 1.82. The molecule has 2 rings (SSSR count). The Kier molecular flexibility index (Phi) is 14.7. The summed E-state index contributed by atoms with van der Waals surface area (Å²) in [5.41, 5.74) is 1.20. The standard InChI is InChI=1S/C23H39ClN4O2.HI/c1-4-25-23(26-16-19(8-11-29)14-18(2)3)27-17-22(28-9-12-30-13-10-28)20-6-5-7-21(24)15-20;/h5-7,15,18-19,22,29H,4,8-14,16-17H2,1-3H3,(H2,25,26,27);1H. The Hall–Kier alpha value is -0.610. The van der Waals surface area contributed by atoms with E-state index in [4.69, 9.17) is 21.3 Å². The van der Waals surface area contributed by atoms with E-state index in [1.807, 2.05) is 18.2 Å². The number of hydrogen-bond acceptors (Lipinski definition) is 4. The number of morpholine rings is 1. The third kappa shape index (κ3) is 10.7. The number of aliphatic hydroxyl groups excluding tert-OH is 1. The zero-order valence-electron chi connectivity index (χ0n) is 19.1. The summed E-state index contributed by atoms with van der Waals surface area (Å²) in [6.45, 7) is 12.3. The lowest BCUT2D eigenvalue weighted by atomic mass is 9.94. The minimum Gasteiger partial charge on any atom is -0.396 e. The Balaban J connectivity index is 0.00000480. The van der Waals surface area contributed by atoms with Crippen LogP contribution in [-0.4, -0.2) is 68.5 Å². The molecule has 0 saturated carbocycles. The van der Waals surface area contributed by atoms with Crippen molar-refractivity contribution in [1.82, 2.24) is 15.5 Å². The molecule has 0 radical (unpaired) electrons. The average molecular weight is 567 g/mol. The van der Waals surface area contributed by atoms with Crippen LogP contribution in [0.2, 0.25) is 5.02 Å². The predicted octanol–water partition coefficient (Wildman–Crippen LogP) is 3.93. The maximum Gasteiger partial charge on any atom is 0.191 e. The van der Waals surface area contributed by atoms with Gasteiger partial charge in [-0.05, 0) is 49.3 Å². The molecule has 178 valence electrons. The predicted molar refractivity (Wildman–Crippen MR) is 141 cm³/mol. The Labute approximate surface area is 210 Å². The second-order valence-electron chi connectivity index (χ2n) is 8.33. The van der Waals surface area contributed by atoms with Gasteiger partial charge in [-0.1, -0.05) is 37.6 Å². The van der Waals surface area contributed by atoms with Crippen LogP contribution in [0, 0.1) is 11.8 Å². The maximum atomic E-state index is 9.38. The number of aliphatic hydroxyl groups is 1. The normalized spacial score (nSPS) is 17.2. The summed E-state index contributed by atoms with van der Waals surface area (Å²) in [5, 5.41) is 17.0. The highest BCUT2D eigenvalue weighted by atomic mass is 127. The molecule has 2 unspecified atom stereocenters. The molecule has 1 aliphatic rings. The second-order valence-corrected chi connectivity index (χ2v) is 8.76. The van der Waals surface area contributed by atoms with Crippen molar-refractivity contribution < 1.29 is 9.84 Å². The van der Waals surface area contributed by atoms with Crippen LogP contribution in [0.4, 0.5) is 0 Å². The topological polar surface area (TPSA) is 69.1 Å². The summed E-state index contributed by atoms with van der Waals surface area (Å²) >= 11 is 6.28. The molecule has 31 heavy (non-hydrogen) atoms. The molecular weight excluding hydrogens is 527 g/mol. The number of nitrogens with one attached hydrogen (secondary N) is 2. The SMILES string of the molecule is CCNC(=NCC(CCO)CC(C)C)NCC(c1cccc(Cl)c1)N1CCOCC1.I. The molecule has 8 heteroatoms. The fourth-order valence-corrected chi connectivity index (χ4v) is 4.15. The molecule has 1 aliphatic heterocycles. The van der Waals surface area contributed by atoms with E-state index in [2.05, 4.69) is 42.4 Å². The van der Waals surface area contributed by atoms with Gasteiger partial charge in [0.25, 0.3) is 0 Å². The Bertz CT molecular complexity index is 642. The molecule has 1 fully saturated rings. The van der Waals surface area contributed by atoms with Crippen molar-refractivity contribution in [2.45, 2.75) is 39.7 Å². The van der Waals surface area contributed by atoms with Gasteiger partial charge < -0.3 is 20.5 Å². The monoisotopic (exact) mass is 566 g/mol. The summed E-state index contributed by atoms with van der Waals surface area (Å²) in [6.07, 6.45) is 1.86. The average Bonchev–Trinajstić information content (AvgIpc) is 2.72. The van der Waals surface area contributed by atoms with Crippen LogP contribution in [0.25, 0.3) is 0 Å². The quantitative estimate of drug-likeness (QED) is 0.215. The second kappa shape index (κ2) is 16.1. The highest BCUT2D eigenvalue weighted by molar-refractivity contribution is 14.0. The molecule has 0 spiro atoms. The van der Waals surface area contributed by atoms with E-state index in [0.29, 0.717) is 18.4 Å². The molecule has 2 atom stereocenters. The molecule has 6 nitrogen and oxygen atoms in total. The molecule has 1 saturated heterocycles. The lowest BCUT2D eigenvalue weighted by Gasteiger charge is -2.35. The van der Waals surface area contributed by atoms with Gasteiger partial charge >= 0.3 is 0 Å². The van der Waals surface area contributed by atoms with Gasteiger partial charge in [-0.3, -0.25) is 9.89 Å². The zero-order chi connectivity index (χ0) is 21.8. The van der Waals surface area contributed by atoms with Crippen LogP contribution in [-0.2, 0) is 4.74 Å². The van der Waals surface area contributed by atoms with Gasteiger partial charge in [0.05, 0.1) is 19.3 Å². The van der Waals surface area contributed by atoms with E-state index in [9.17, 15) is 5.11 Å². The van der Waals surface area contributed by atoms with Crippen molar-refractivity contribution >= 4 is 41.5 Å². The number of rotatable bonds is 11. The van der Waals surface area contributed by atoms with E-state index >= 15 is 0 Å². The highest BCUT2D eigenvalue weighted by Gasteiger charge is 2.23. The Morgan fingerprint density at radius 2 is 2.00 bits per heavy atom. The minimum absolute atomic E-state index is 0. The number of aliphatic imine (C=N–C) groups is 1. The van der Waals surface area contributed by atoms with Gasteiger partial charge in [-0.2, -0.15) is 0 Å². The first-order chi connectivity index (χ1) is 14.5. The number of benzene rings is 1. The first-order valence-electron chi connectivity index (χ1n) is 11.2. The first-order valence-corrected chi connectivity index (χ1v) is 11.6. The summed E-state index contributed by atoms with van der Waals surface area (Å²) < 4.78 is 5.55. The minimum atomic E-state index is 0. The van der Waals surface area contributed by atoms with Crippen LogP contribution in [0.15, 0.2) is 29.3 Å². The van der Waals surface area contributed by atoms with Gasteiger partial charge in [0, 0.05) is 44.4 Å². The van der Waals surface area contributed by atoms with Crippen molar-refractivity contribution in [3.05, 3.63) is 34.9 Å². The Morgan fingerprint density at radius 3 is 2.61 bits per heavy atom. The van der Waals surface area contributed by atoms with E-state index in [1.165, 1.54) is 5.56 Å². The van der Waals surface area contributed by atoms with Crippen molar-refractivity contribution in [2.24, 2.45) is 16.8 Å². The maximum absolute atomic E-state index is 9.38. The van der Waals surface area contributed by atoms with Crippen molar-refractivity contribution in [3.8, 4) is 0 Å². The molecule has 1 heterocycles. The fourth-order valence-electron chi connectivity index (χ4n) is 3.95. The van der Waals surface area contributed by atoms with E-state index in [0.717, 1.165) is 63.2 Å². The van der Waals surface area contributed by atoms with Gasteiger partial charge in [-0.15, -0.1) is 24.0 Å². The largest absolute Gasteiger partial charge is 0.396 e. The number of hydrogen-bond donors (Lipinski definition) is 3. The Morgan fingerprint density at radius 1 is 1.26 bits per heavy atom. The van der Waals surface area contributed by atoms with Crippen LogP contribution in [0.1, 0.15) is 45.2 Å². The van der Waals surface area contributed by atoms with Crippen molar-refractivity contribution in [2.75, 3.05) is 52.5 Å². The smallest absolute Gasteiger partial charge is 0.191 e. The van der Waals surface area contributed by atoms with Gasteiger partial charge in [0.1, 0.15) is 0 Å². The van der Waals surface area contributed by atoms with E-state index in [-0.39, 0.29) is 36.6 Å². The number of ether oxygens (including phenoxy) is 1. The first kappa shape index (κ1) is 28.4. The molecule has 0 aliphatic carbocycles. The van der Waals surface area contributed by atoms with Crippen LogP contribution in [0.3, 0.4) is 0 Å². The number of guanidine groups is 1. The van der Waals surface area contributed by atoms with Crippen molar-refractivity contribution in [1.29, 1.82) is 0 Å². The molecule has 0 aromatic heterocycles. The molecule has 0 bridgehead atoms. The van der Waals surface area contributed by atoms with Gasteiger partial charge in [0.15, 0.2) is 5.96 Å². The number of halogens is 2. The molecular formula is C23H40ClIN4O2. The van der Waals surface area contributed by atoms with Crippen LogP contribution in [0.5, 0.6) is 0 Å². The van der Waals surface area contributed by atoms with Gasteiger partial charge in [0.2, 0.25) is 0 Å². The van der Waals surface area contributed by atoms with E-state index in [1.54, 1.807) is 0 Å². The molecule has 0 amide bonds. The third-order valence-corrected chi connectivity index (χ3v) is 5.61. The fraction of sp³-hybridized carbons (Fsp3) is 0.696. The molecule has 3 N–H and O–H groups in total. The van der Waals surface area contributed by atoms with E-state index < -0.39 is 0 Å². The van der Waals surface area contributed by atoms with Crippen LogP contribution < -0.4 is 10.6 Å². The highest BCUT2D eigenvalue weighted by Crippen LogP contribution is 2.24. The van der Waals surface area contributed by atoms with Crippen molar-refractivity contribution in [3.63, 3.8) is 0 Å². The zero-order valence-corrected chi connectivity index (χ0v) is 22.2. The third-order valence-electron chi connectivity index (χ3n) is 5.38.